The van der Waals surface area contributed by atoms with Crippen LogP contribution in [0.4, 0.5) is 0 Å². The largest absolute Gasteiger partial charge is 0.472 e. The summed E-state index contributed by atoms with van der Waals surface area (Å²) in [5, 5.41) is 0. The van der Waals surface area contributed by atoms with Crippen LogP contribution in [0.25, 0.3) is 0 Å². The lowest BCUT2D eigenvalue weighted by atomic mass is 10.0. The van der Waals surface area contributed by atoms with Crippen LogP contribution in [-0.2, 0) is 32.7 Å². The van der Waals surface area contributed by atoms with E-state index in [0.29, 0.717) is 18.8 Å². The van der Waals surface area contributed by atoms with Gasteiger partial charge in [0.1, 0.15) is 6.61 Å². The molecule has 0 saturated carbocycles. The van der Waals surface area contributed by atoms with E-state index in [1.807, 2.05) is 13.8 Å². The van der Waals surface area contributed by atoms with Crippen LogP contribution in [0.3, 0.4) is 0 Å². The lowest BCUT2D eigenvalue weighted by Crippen LogP contribution is -2.29. The summed E-state index contributed by atoms with van der Waals surface area (Å²) in [6, 6.07) is 0. The topological polar surface area (TPSA) is 108 Å². The van der Waals surface area contributed by atoms with Gasteiger partial charge < -0.3 is 14.4 Å². The molecule has 0 rings (SSSR count). The Balaban J connectivity index is 4.23. The van der Waals surface area contributed by atoms with Gasteiger partial charge in [-0.25, -0.2) is 4.57 Å². The molecule has 316 valence electrons. The summed E-state index contributed by atoms with van der Waals surface area (Å²) in [4.78, 5) is 35.2. The van der Waals surface area contributed by atoms with E-state index in [-0.39, 0.29) is 32.2 Å². The lowest BCUT2D eigenvalue weighted by Gasteiger charge is -2.20. The van der Waals surface area contributed by atoms with Crippen LogP contribution in [0, 0.1) is 5.92 Å². The summed E-state index contributed by atoms with van der Waals surface area (Å²) in [6.45, 7) is 8.00. The number of hydrogen-bond donors (Lipinski definition) is 1. The molecule has 0 spiro atoms. The Labute approximate surface area is 328 Å². The maximum Gasteiger partial charge on any atom is 0.472 e. The monoisotopic (exact) mass is 775 g/mol. The first kappa shape index (κ1) is 52.0. The van der Waals surface area contributed by atoms with E-state index < -0.39 is 19.9 Å². The van der Waals surface area contributed by atoms with Crippen LogP contribution in [0.15, 0.2) is 0 Å². The average molecular weight is 775 g/mol. The van der Waals surface area contributed by atoms with E-state index in [2.05, 4.69) is 13.8 Å². The third-order valence-electron chi connectivity index (χ3n) is 10.1. The lowest BCUT2D eigenvalue weighted by molar-refractivity contribution is -0.161. The van der Waals surface area contributed by atoms with E-state index in [1.165, 1.54) is 154 Å². The van der Waals surface area contributed by atoms with Gasteiger partial charge in [-0.1, -0.05) is 207 Å². The number of phosphoric acid groups is 1. The van der Waals surface area contributed by atoms with E-state index in [4.69, 9.17) is 18.5 Å². The zero-order valence-electron chi connectivity index (χ0n) is 35.4. The number of rotatable bonds is 42. The van der Waals surface area contributed by atoms with Gasteiger partial charge in [0.25, 0.3) is 0 Å². The second-order valence-corrected chi connectivity index (χ2v) is 17.4. The minimum atomic E-state index is -4.33. The van der Waals surface area contributed by atoms with Gasteiger partial charge in [0, 0.05) is 12.8 Å². The van der Waals surface area contributed by atoms with Crippen molar-refractivity contribution in [2.75, 3.05) is 19.8 Å². The van der Waals surface area contributed by atoms with Gasteiger partial charge in [-0.05, 0) is 25.2 Å². The fraction of sp³-hybridized carbons (Fsp3) is 0.955. The molecule has 53 heavy (non-hydrogen) atoms. The first-order chi connectivity index (χ1) is 25.7. The van der Waals surface area contributed by atoms with Crippen LogP contribution < -0.4 is 0 Å². The second kappa shape index (κ2) is 39.3. The average Bonchev–Trinajstić information content (AvgIpc) is 3.12. The summed E-state index contributed by atoms with van der Waals surface area (Å²) in [7, 11) is -4.33. The van der Waals surface area contributed by atoms with Gasteiger partial charge in [0.05, 0.1) is 13.2 Å². The molecule has 1 N–H and O–H groups in total. The Morgan fingerprint density at radius 3 is 1.19 bits per heavy atom. The number of unbranched alkanes of at least 4 members (excludes halogenated alkanes) is 28. The molecule has 1 unspecified atom stereocenters. The third kappa shape index (κ3) is 40.5. The van der Waals surface area contributed by atoms with E-state index >= 15 is 0 Å². The zero-order valence-corrected chi connectivity index (χ0v) is 36.3. The Bertz CT molecular complexity index is 851. The smallest absolute Gasteiger partial charge is 0.462 e. The maximum absolute atomic E-state index is 12.7. The Hall–Kier alpha value is -0.950. The predicted octanol–water partition coefficient (Wildman–Crippen LogP) is 14.1. The van der Waals surface area contributed by atoms with Crippen LogP contribution in [0.1, 0.15) is 240 Å². The van der Waals surface area contributed by atoms with Gasteiger partial charge in [-0.3, -0.25) is 18.6 Å². The van der Waals surface area contributed by atoms with Gasteiger partial charge in [0.15, 0.2) is 6.10 Å². The van der Waals surface area contributed by atoms with Gasteiger partial charge >= 0.3 is 19.8 Å². The molecule has 2 atom stereocenters. The minimum absolute atomic E-state index is 0.0866. The van der Waals surface area contributed by atoms with Crippen molar-refractivity contribution in [1.29, 1.82) is 0 Å². The normalized spacial score (nSPS) is 13.3. The molecule has 9 heteroatoms. The molecular formula is C44H87O8P. The molecular weight excluding hydrogens is 687 g/mol. The zero-order chi connectivity index (χ0) is 39.1. The molecule has 0 saturated heterocycles. The number of phosphoric ester groups is 1. The number of hydrogen-bond acceptors (Lipinski definition) is 7. The maximum atomic E-state index is 12.7. The van der Waals surface area contributed by atoms with Gasteiger partial charge in [-0.2, -0.15) is 0 Å². The summed E-state index contributed by atoms with van der Waals surface area (Å²) in [5.74, 6) is -0.462. The van der Waals surface area contributed by atoms with Crippen LogP contribution in [-0.4, -0.2) is 42.8 Å². The molecule has 0 aliphatic carbocycles. The van der Waals surface area contributed by atoms with Crippen molar-refractivity contribution in [3.05, 3.63) is 0 Å². The van der Waals surface area contributed by atoms with Crippen molar-refractivity contribution in [2.45, 2.75) is 246 Å². The number of carbonyl (C=O) groups is 2. The third-order valence-corrected chi connectivity index (χ3v) is 11.1. The second-order valence-electron chi connectivity index (χ2n) is 16.0. The highest BCUT2D eigenvalue weighted by atomic mass is 31.2. The van der Waals surface area contributed by atoms with Gasteiger partial charge in [0.2, 0.25) is 0 Å². The molecule has 0 radical (unpaired) electrons. The number of ether oxygens (including phenoxy) is 2. The standard InChI is InChI=1S/C44H87O8P/c1-5-7-9-11-13-15-17-19-21-23-25-27-29-31-33-35-43(45)49-39-42(40-51-53(47,48)50-38-37-41(3)4)52-44(46)36-34-32-30-28-26-24-22-20-18-16-14-12-10-8-6-2/h41-42H,5-40H2,1-4H3,(H,47,48)/t42-/m1/s1. The number of esters is 2. The van der Waals surface area contributed by atoms with Crippen LogP contribution in [0.5, 0.6) is 0 Å². The van der Waals surface area contributed by atoms with Crippen molar-refractivity contribution in [2.24, 2.45) is 5.92 Å². The Kier molecular flexibility index (Phi) is 38.6. The SMILES string of the molecule is CCCCCCCCCCCCCCCCCC(=O)OC[C@H](COP(=O)(O)OCCC(C)C)OC(=O)CCCCCCCCCCCCCCCCC. The molecule has 0 aromatic rings. The molecule has 0 amide bonds. The molecule has 0 heterocycles. The van der Waals surface area contributed by atoms with Crippen molar-refractivity contribution >= 4 is 19.8 Å². The van der Waals surface area contributed by atoms with E-state index in [0.717, 1.165) is 38.5 Å². The molecule has 0 fully saturated rings. The summed E-state index contributed by atoms with van der Waals surface area (Å²) in [6.07, 6.45) is 37.8. The number of carbonyl (C=O) groups excluding carboxylic acids is 2. The highest BCUT2D eigenvalue weighted by Gasteiger charge is 2.26. The predicted molar refractivity (Wildman–Crippen MR) is 221 cm³/mol. The van der Waals surface area contributed by atoms with Crippen molar-refractivity contribution in [3.8, 4) is 0 Å². The molecule has 0 aliphatic heterocycles. The molecule has 8 nitrogen and oxygen atoms in total. The first-order valence-corrected chi connectivity index (χ1v) is 24.2. The van der Waals surface area contributed by atoms with E-state index in [1.54, 1.807) is 0 Å². The summed E-state index contributed by atoms with van der Waals surface area (Å²) in [5.41, 5.74) is 0. The summed E-state index contributed by atoms with van der Waals surface area (Å²) < 4.78 is 33.6. The van der Waals surface area contributed by atoms with Crippen molar-refractivity contribution in [1.82, 2.24) is 0 Å². The summed E-state index contributed by atoms with van der Waals surface area (Å²) >= 11 is 0. The Morgan fingerprint density at radius 2 is 0.830 bits per heavy atom. The van der Waals surface area contributed by atoms with Crippen molar-refractivity contribution < 1.29 is 37.6 Å². The fourth-order valence-electron chi connectivity index (χ4n) is 6.52. The van der Waals surface area contributed by atoms with Crippen LogP contribution >= 0.6 is 7.82 Å². The van der Waals surface area contributed by atoms with E-state index in [9.17, 15) is 19.0 Å². The molecule has 0 bridgehead atoms. The van der Waals surface area contributed by atoms with Crippen LogP contribution in [0.2, 0.25) is 0 Å². The minimum Gasteiger partial charge on any atom is -0.462 e. The Morgan fingerprint density at radius 1 is 0.491 bits per heavy atom. The quantitative estimate of drug-likeness (QED) is 0.0371. The molecule has 0 aromatic heterocycles. The fourth-order valence-corrected chi connectivity index (χ4v) is 7.28. The molecule has 0 aromatic carbocycles. The van der Waals surface area contributed by atoms with Crippen molar-refractivity contribution in [3.63, 3.8) is 0 Å². The first-order valence-electron chi connectivity index (χ1n) is 22.7. The molecule has 0 aliphatic rings. The highest BCUT2D eigenvalue weighted by molar-refractivity contribution is 7.47. The van der Waals surface area contributed by atoms with Gasteiger partial charge in [-0.15, -0.1) is 0 Å². The highest BCUT2D eigenvalue weighted by Crippen LogP contribution is 2.43.